The maximum absolute atomic E-state index is 13.1. The van der Waals surface area contributed by atoms with Crippen LogP contribution in [0.3, 0.4) is 0 Å². The zero-order valence-electron chi connectivity index (χ0n) is 16.7. The number of sulfonamides is 1. The molecule has 1 aromatic carbocycles. The number of hydrogen-bond acceptors (Lipinski definition) is 5. The molecule has 0 spiro atoms. The van der Waals surface area contributed by atoms with Gasteiger partial charge in [-0.15, -0.1) is 0 Å². The van der Waals surface area contributed by atoms with Gasteiger partial charge in [-0.2, -0.15) is 5.10 Å². The second-order valence-corrected chi connectivity index (χ2v) is 9.23. The van der Waals surface area contributed by atoms with Crippen LogP contribution in [0.25, 0.3) is 0 Å². The van der Waals surface area contributed by atoms with Gasteiger partial charge < -0.3 is 10.6 Å². The summed E-state index contributed by atoms with van der Waals surface area (Å²) < 4.78 is 28.6. The van der Waals surface area contributed by atoms with E-state index < -0.39 is 10.0 Å². The summed E-state index contributed by atoms with van der Waals surface area (Å²) >= 11 is 0. The van der Waals surface area contributed by atoms with Crippen LogP contribution >= 0.6 is 0 Å². The standard InChI is InChI=1S/C19H25N5O4S/c1-13-4-6-15(7-5-13)29(27,28)23(3)18-16(12-21-22(18)2)19(26)24-10-8-14(9-11-24)17(20)25/h4-7,12,14H,8-11H2,1-3H3,(H2,20,25). The number of piperidine rings is 1. The number of rotatable bonds is 5. The zero-order valence-corrected chi connectivity index (χ0v) is 17.5. The Balaban J connectivity index is 1.88. The number of primary amides is 1. The quantitative estimate of drug-likeness (QED) is 0.772. The lowest BCUT2D eigenvalue weighted by atomic mass is 9.96. The highest BCUT2D eigenvalue weighted by atomic mass is 32.2. The van der Waals surface area contributed by atoms with Crippen molar-refractivity contribution in [1.29, 1.82) is 0 Å². The molecule has 29 heavy (non-hydrogen) atoms. The van der Waals surface area contributed by atoms with E-state index in [2.05, 4.69) is 5.10 Å². The molecule has 0 bridgehead atoms. The van der Waals surface area contributed by atoms with Crippen molar-refractivity contribution in [2.45, 2.75) is 24.7 Å². The summed E-state index contributed by atoms with van der Waals surface area (Å²) in [5.41, 5.74) is 6.49. The van der Waals surface area contributed by atoms with Crippen molar-refractivity contribution in [2.75, 3.05) is 24.4 Å². The Morgan fingerprint density at radius 2 is 1.76 bits per heavy atom. The van der Waals surface area contributed by atoms with E-state index in [1.54, 1.807) is 24.1 Å². The number of hydrogen-bond donors (Lipinski definition) is 1. The topological polar surface area (TPSA) is 119 Å². The van der Waals surface area contributed by atoms with E-state index in [9.17, 15) is 18.0 Å². The summed E-state index contributed by atoms with van der Waals surface area (Å²) in [5, 5.41) is 4.11. The Kier molecular flexibility index (Phi) is 5.65. The molecule has 1 aliphatic heterocycles. The van der Waals surface area contributed by atoms with Crippen LogP contribution in [0.2, 0.25) is 0 Å². The molecule has 156 valence electrons. The molecule has 1 fully saturated rings. The van der Waals surface area contributed by atoms with Crippen LogP contribution in [-0.2, 0) is 21.9 Å². The van der Waals surface area contributed by atoms with Crippen molar-refractivity contribution in [3.8, 4) is 0 Å². The van der Waals surface area contributed by atoms with Gasteiger partial charge in [0.15, 0.2) is 5.82 Å². The average Bonchev–Trinajstić information content (AvgIpc) is 3.08. The molecule has 1 aliphatic rings. The maximum atomic E-state index is 13.1. The number of carbonyl (C=O) groups is 2. The van der Waals surface area contributed by atoms with E-state index in [-0.39, 0.29) is 34.0 Å². The Labute approximate surface area is 170 Å². The van der Waals surface area contributed by atoms with Gasteiger partial charge in [0, 0.05) is 33.1 Å². The van der Waals surface area contributed by atoms with Crippen molar-refractivity contribution in [3.63, 3.8) is 0 Å². The van der Waals surface area contributed by atoms with E-state index in [0.717, 1.165) is 9.87 Å². The highest BCUT2D eigenvalue weighted by Gasteiger charge is 2.32. The highest BCUT2D eigenvalue weighted by Crippen LogP contribution is 2.28. The second-order valence-electron chi connectivity index (χ2n) is 7.26. The second kappa shape index (κ2) is 7.86. The third-order valence-corrected chi connectivity index (χ3v) is 7.06. The van der Waals surface area contributed by atoms with Crippen molar-refractivity contribution in [1.82, 2.24) is 14.7 Å². The van der Waals surface area contributed by atoms with Gasteiger partial charge in [0.2, 0.25) is 5.91 Å². The van der Waals surface area contributed by atoms with Crippen molar-refractivity contribution < 1.29 is 18.0 Å². The first kappa shape index (κ1) is 20.8. The number of amides is 2. The third kappa shape index (κ3) is 3.98. The fourth-order valence-electron chi connectivity index (χ4n) is 3.47. The number of nitrogens with two attached hydrogens (primary N) is 1. The number of aryl methyl sites for hydroxylation is 2. The molecule has 1 saturated heterocycles. The summed E-state index contributed by atoms with van der Waals surface area (Å²) in [5.74, 6) is -0.727. The Bertz CT molecular complexity index is 1020. The molecule has 2 N–H and O–H groups in total. The van der Waals surface area contributed by atoms with Crippen molar-refractivity contribution in [3.05, 3.63) is 41.6 Å². The molecule has 2 amide bonds. The number of benzene rings is 1. The minimum absolute atomic E-state index is 0.132. The Hall–Kier alpha value is -2.88. The van der Waals surface area contributed by atoms with Gasteiger partial charge in [-0.25, -0.2) is 8.42 Å². The number of likely N-dealkylation sites (tertiary alicyclic amines) is 1. The first-order valence-electron chi connectivity index (χ1n) is 9.29. The number of carbonyl (C=O) groups excluding carboxylic acids is 2. The molecule has 1 aromatic heterocycles. The summed E-state index contributed by atoms with van der Waals surface area (Å²) in [6.07, 6.45) is 2.36. The third-order valence-electron chi connectivity index (χ3n) is 5.30. The average molecular weight is 420 g/mol. The summed E-state index contributed by atoms with van der Waals surface area (Å²) in [6.45, 7) is 2.64. The number of anilines is 1. The maximum Gasteiger partial charge on any atom is 0.265 e. The minimum Gasteiger partial charge on any atom is -0.369 e. The summed E-state index contributed by atoms with van der Waals surface area (Å²) in [4.78, 5) is 26.1. The normalized spacial score (nSPS) is 15.3. The lowest BCUT2D eigenvalue weighted by Crippen LogP contribution is -2.42. The fraction of sp³-hybridized carbons (Fsp3) is 0.421. The van der Waals surface area contributed by atoms with E-state index >= 15 is 0 Å². The smallest absolute Gasteiger partial charge is 0.265 e. The lowest BCUT2D eigenvalue weighted by Gasteiger charge is -2.31. The Morgan fingerprint density at radius 3 is 2.31 bits per heavy atom. The first-order chi connectivity index (χ1) is 13.6. The molecule has 3 rings (SSSR count). The predicted octanol–water partition coefficient (Wildman–Crippen LogP) is 0.891. The molecule has 0 saturated carbocycles. The predicted molar refractivity (Wildman–Crippen MR) is 108 cm³/mol. The molecule has 2 aromatic rings. The molecule has 0 unspecified atom stereocenters. The van der Waals surface area contributed by atoms with Crippen molar-refractivity contribution in [2.24, 2.45) is 18.7 Å². The zero-order chi connectivity index (χ0) is 21.3. The van der Waals surface area contributed by atoms with E-state index in [1.807, 2.05) is 6.92 Å². The van der Waals surface area contributed by atoms with E-state index in [4.69, 9.17) is 5.73 Å². The van der Waals surface area contributed by atoms with Crippen LogP contribution in [0.4, 0.5) is 5.82 Å². The fourth-order valence-corrected chi connectivity index (χ4v) is 4.72. The molecule has 0 atom stereocenters. The minimum atomic E-state index is -3.87. The van der Waals surface area contributed by atoms with Crippen LogP contribution in [0.15, 0.2) is 35.4 Å². The van der Waals surface area contributed by atoms with E-state index in [1.165, 1.54) is 30.1 Å². The Morgan fingerprint density at radius 1 is 1.17 bits per heavy atom. The highest BCUT2D eigenvalue weighted by molar-refractivity contribution is 7.92. The molecule has 0 aliphatic carbocycles. The molecule has 10 heteroatoms. The van der Waals surface area contributed by atoms with Crippen LogP contribution in [0.1, 0.15) is 28.8 Å². The SMILES string of the molecule is Cc1ccc(S(=O)(=O)N(C)c2c(C(=O)N3CCC(C(N)=O)CC3)cnn2C)cc1. The first-order valence-corrected chi connectivity index (χ1v) is 10.7. The van der Waals surface area contributed by atoms with Crippen LogP contribution in [0, 0.1) is 12.8 Å². The summed E-state index contributed by atoms with van der Waals surface area (Å²) in [6, 6.07) is 6.51. The van der Waals surface area contributed by atoms with Crippen molar-refractivity contribution >= 4 is 27.7 Å². The van der Waals surface area contributed by atoms with Crippen LogP contribution in [0.5, 0.6) is 0 Å². The molecule has 0 radical (unpaired) electrons. The van der Waals surface area contributed by atoms with Gasteiger partial charge in [-0.3, -0.25) is 18.6 Å². The van der Waals surface area contributed by atoms with Crippen LogP contribution in [-0.4, -0.2) is 55.0 Å². The van der Waals surface area contributed by atoms with Gasteiger partial charge >= 0.3 is 0 Å². The summed E-state index contributed by atoms with van der Waals surface area (Å²) in [7, 11) is -0.872. The number of aromatic nitrogens is 2. The monoisotopic (exact) mass is 419 g/mol. The lowest BCUT2D eigenvalue weighted by molar-refractivity contribution is -0.123. The van der Waals surface area contributed by atoms with Gasteiger partial charge in [0.1, 0.15) is 5.56 Å². The molecular weight excluding hydrogens is 394 g/mol. The largest absolute Gasteiger partial charge is 0.369 e. The van der Waals surface area contributed by atoms with Crippen LogP contribution < -0.4 is 10.0 Å². The number of nitrogens with zero attached hydrogens (tertiary/aromatic N) is 4. The van der Waals surface area contributed by atoms with E-state index in [0.29, 0.717) is 25.9 Å². The van der Waals surface area contributed by atoms with Gasteiger partial charge in [0.25, 0.3) is 15.9 Å². The van der Waals surface area contributed by atoms with Gasteiger partial charge in [-0.1, -0.05) is 17.7 Å². The molecular formula is C19H25N5O4S. The van der Waals surface area contributed by atoms with Gasteiger partial charge in [0.05, 0.1) is 11.1 Å². The molecule has 2 heterocycles. The van der Waals surface area contributed by atoms with Gasteiger partial charge in [-0.05, 0) is 31.9 Å². The molecule has 9 nitrogen and oxygen atoms in total.